The van der Waals surface area contributed by atoms with E-state index in [-0.39, 0.29) is 23.3 Å². The lowest BCUT2D eigenvalue weighted by atomic mass is 9.79. The molecule has 3 N–H and O–H groups in total. The summed E-state index contributed by atoms with van der Waals surface area (Å²) in [6, 6.07) is 5.53. The lowest BCUT2D eigenvalue weighted by Gasteiger charge is -2.42. The monoisotopic (exact) mass is 335 g/mol. The van der Waals surface area contributed by atoms with Crippen LogP contribution in [0.2, 0.25) is 0 Å². The summed E-state index contributed by atoms with van der Waals surface area (Å²) in [4.78, 5) is 26.8. The molecule has 0 bridgehead atoms. The molecule has 1 aromatic carbocycles. The van der Waals surface area contributed by atoms with Gasteiger partial charge in [0.1, 0.15) is 0 Å². The Balaban J connectivity index is 2.21. The number of rotatable bonds is 3. The molecule has 6 heteroatoms. The van der Waals surface area contributed by atoms with E-state index in [1.165, 1.54) is 18.7 Å². The Morgan fingerprint density at radius 3 is 2.65 bits per heavy atom. The predicted molar refractivity (Wildman–Crippen MR) is 94.8 cm³/mol. The summed E-state index contributed by atoms with van der Waals surface area (Å²) < 4.78 is 0. The highest BCUT2D eigenvalue weighted by Crippen LogP contribution is 2.30. The van der Waals surface area contributed by atoms with Gasteiger partial charge in [0, 0.05) is 36.5 Å². The largest absolute Gasteiger partial charge is 0.338 e. The molecular weight excluding hydrogens is 310 g/mol. The first-order valence-corrected chi connectivity index (χ1v) is 8.97. The lowest BCUT2D eigenvalue weighted by molar-refractivity contribution is -0.114. The van der Waals surface area contributed by atoms with E-state index in [9.17, 15) is 9.59 Å². The first-order chi connectivity index (χ1) is 10.7. The maximum atomic E-state index is 12.8. The number of carbonyl (C=O) groups is 2. The molecule has 2 amide bonds. The molecule has 0 aliphatic carbocycles. The van der Waals surface area contributed by atoms with Crippen molar-refractivity contribution in [1.29, 1.82) is 0 Å². The van der Waals surface area contributed by atoms with Crippen LogP contribution in [0.15, 0.2) is 23.1 Å². The van der Waals surface area contributed by atoms with Crippen molar-refractivity contribution in [3.8, 4) is 0 Å². The van der Waals surface area contributed by atoms with Crippen molar-refractivity contribution in [2.75, 3.05) is 24.7 Å². The van der Waals surface area contributed by atoms with Gasteiger partial charge in [0.2, 0.25) is 5.91 Å². The van der Waals surface area contributed by atoms with E-state index < -0.39 is 0 Å². The SMILES string of the molecule is CSc1cc(C(=O)N2CCC(N)C(C)(C)C2)ccc1NC(C)=O. The second-order valence-electron chi connectivity index (χ2n) is 6.71. The molecule has 0 radical (unpaired) electrons. The van der Waals surface area contributed by atoms with Crippen LogP contribution in [0.1, 0.15) is 37.6 Å². The minimum absolute atomic E-state index is 0.0228. The Morgan fingerprint density at radius 1 is 1.39 bits per heavy atom. The molecule has 1 unspecified atom stereocenters. The lowest BCUT2D eigenvalue weighted by Crippen LogP contribution is -2.54. The number of carbonyl (C=O) groups excluding carboxylic acids is 2. The average molecular weight is 335 g/mol. The first kappa shape index (κ1) is 17.8. The summed E-state index contributed by atoms with van der Waals surface area (Å²) in [5.74, 6) is -0.0965. The van der Waals surface area contributed by atoms with Crippen LogP contribution in [0.3, 0.4) is 0 Å². The second kappa shape index (κ2) is 6.93. The number of hydrogen-bond donors (Lipinski definition) is 2. The van der Waals surface area contributed by atoms with Crippen molar-refractivity contribution >= 4 is 29.3 Å². The zero-order valence-corrected chi connectivity index (χ0v) is 15.0. The summed E-state index contributed by atoms with van der Waals surface area (Å²) in [5, 5.41) is 2.79. The number of piperidine rings is 1. The third kappa shape index (κ3) is 4.06. The maximum absolute atomic E-state index is 12.8. The molecule has 126 valence electrons. The number of anilines is 1. The van der Waals surface area contributed by atoms with Crippen molar-refractivity contribution in [2.45, 2.75) is 38.1 Å². The minimum Gasteiger partial charge on any atom is -0.338 e. The summed E-state index contributed by atoms with van der Waals surface area (Å²) in [6.45, 7) is 7.03. The summed E-state index contributed by atoms with van der Waals surface area (Å²) in [6.07, 6.45) is 2.75. The van der Waals surface area contributed by atoms with Crippen molar-refractivity contribution in [3.63, 3.8) is 0 Å². The van der Waals surface area contributed by atoms with Gasteiger partial charge >= 0.3 is 0 Å². The topological polar surface area (TPSA) is 75.4 Å². The zero-order chi connectivity index (χ0) is 17.2. The third-order valence-corrected chi connectivity index (χ3v) is 5.14. The summed E-state index contributed by atoms with van der Waals surface area (Å²) in [7, 11) is 0. The number of benzene rings is 1. The average Bonchev–Trinajstić information content (AvgIpc) is 2.49. The number of hydrogen-bond acceptors (Lipinski definition) is 4. The minimum atomic E-state index is -0.119. The fourth-order valence-corrected chi connectivity index (χ4v) is 3.43. The smallest absolute Gasteiger partial charge is 0.253 e. The van der Waals surface area contributed by atoms with Gasteiger partial charge in [-0.2, -0.15) is 0 Å². The summed E-state index contributed by atoms with van der Waals surface area (Å²) >= 11 is 1.51. The van der Waals surface area contributed by atoms with Gasteiger partial charge in [-0.3, -0.25) is 9.59 Å². The molecule has 0 saturated carbocycles. The van der Waals surface area contributed by atoms with Gasteiger partial charge in [-0.15, -0.1) is 11.8 Å². The molecule has 1 aromatic rings. The molecule has 1 aliphatic heterocycles. The van der Waals surface area contributed by atoms with E-state index in [2.05, 4.69) is 19.2 Å². The maximum Gasteiger partial charge on any atom is 0.253 e. The number of thioether (sulfide) groups is 1. The van der Waals surface area contributed by atoms with Crippen molar-refractivity contribution in [2.24, 2.45) is 11.1 Å². The fraction of sp³-hybridized carbons (Fsp3) is 0.529. The molecule has 1 fully saturated rings. The van der Waals surface area contributed by atoms with Crippen molar-refractivity contribution in [3.05, 3.63) is 23.8 Å². The zero-order valence-electron chi connectivity index (χ0n) is 14.2. The van der Waals surface area contributed by atoms with E-state index in [1.807, 2.05) is 17.2 Å². The van der Waals surface area contributed by atoms with Gasteiger partial charge in [-0.1, -0.05) is 13.8 Å². The molecule has 2 rings (SSSR count). The van der Waals surface area contributed by atoms with Gasteiger partial charge in [-0.05, 0) is 36.3 Å². The predicted octanol–water partition coefficient (Wildman–Crippen LogP) is 2.57. The van der Waals surface area contributed by atoms with Gasteiger partial charge in [-0.25, -0.2) is 0 Å². The van der Waals surface area contributed by atoms with Gasteiger partial charge in [0.25, 0.3) is 5.91 Å². The highest BCUT2D eigenvalue weighted by molar-refractivity contribution is 7.98. The molecule has 0 spiro atoms. The Bertz CT molecular complexity index is 616. The van der Waals surface area contributed by atoms with Crippen LogP contribution < -0.4 is 11.1 Å². The highest BCUT2D eigenvalue weighted by atomic mass is 32.2. The van der Waals surface area contributed by atoms with Crippen molar-refractivity contribution in [1.82, 2.24) is 4.90 Å². The number of nitrogens with two attached hydrogens (primary N) is 1. The highest BCUT2D eigenvalue weighted by Gasteiger charge is 2.35. The van der Waals surface area contributed by atoms with E-state index in [0.717, 1.165) is 17.0 Å². The molecule has 0 aromatic heterocycles. The third-order valence-electron chi connectivity index (χ3n) is 4.36. The van der Waals surface area contributed by atoms with Crippen LogP contribution in [-0.2, 0) is 4.79 Å². The molecule has 23 heavy (non-hydrogen) atoms. The Kier molecular flexibility index (Phi) is 5.37. The normalized spacial score (nSPS) is 20.2. The molecule has 1 aliphatic rings. The first-order valence-electron chi connectivity index (χ1n) is 7.75. The summed E-state index contributed by atoms with van der Waals surface area (Å²) in [5.41, 5.74) is 7.45. The van der Waals surface area contributed by atoms with Gasteiger partial charge in [0.05, 0.1) is 5.69 Å². The van der Waals surface area contributed by atoms with Crippen LogP contribution in [0.4, 0.5) is 5.69 Å². The van der Waals surface area contributed by atoms with Gasteiger partial charge < -0.3 is 16.0 Å². The Hall–Kier alpha value is -1.53. The van der Waals surface area contributed by atoms with E-state index in [0.29, 0.717) is 18.7 Å². The molecule has 1 atom stereocenters. The van der Waals surface area contributed by atoms with Crippen LogP contribution >= 0.6 is 11.8 Å². The number of amides is 2. The molecular formula is C17H25N3O2S. The number of nitrogens with zero attached hydrogens (tertiary/aromatic N) is 1. The quantitative estimate of drug-likeness (QED) is 0.833. The second-order valence-corrected chi connectivity index (χ2v) is 7.55. The number of nitrogens with one attached hydrogen (secondary N) is 1. The van der Waals surface area contributed by atoms with Crippen LogP contribution in [0.25, 0.3) is 0 Å². The van der Waals surface area contributed by atoms with Gasteiger partial charge in [0.15, 0.2) is 0 Å². The standard InChI is InChI=1S/C17H25N3O2S/c1-11(21)19-13-6-5-12(9-14(13)23-4)16(22)20-8-7-15(18)17(2,3)10-20/h5-6,9,15H,7-8,10,18H2,1-4H3,(H,19,21). The Labute approximate surface area is 142 Å². The van der Waals surface area contributed by atoms with Crippen molar-refractivity contribution < 1.29 is 9.59 Å². The van der Waals surface area contributed by atoms with E-state index in [4.69, 9.17) is 5.73 Å². The van der Waals surface area contributed by atoms with Crippen LogP contribution in [0, 0.1) is 5.41 Å². The molecule has 5 nitrogen and oxygen atoms in total. The number of likely N-dealkylation sites (tertiary alicyclic amines) is 1. The van der Waals surface area contributed by atoms with Crippen LogP contribution in [-0.4, -0.2) is 42.1 Å². The van der Waals surface area contributed by atoms with E-state index in [1.54, 1.807) is 12.1 Å². The van der Waals surface area contributed by atoms with Crippen LogP contribution in [0.5, 0.6) is 0 Å². The fourth-order valence-electron chi connectivity index (χ4n) is 2.85. The Morgan fingerprint density at radius 2 is 2.09 bits per heavy atom. The molecule has 1 heterocycles. The molecule has 1 saturated heterocycles. The van der Waals surface area contributed by atoms with E-state index >= 15 is 0 Å².